The molecule has 0 unspecified atom stereocenters. The molecule has 4 rings (SSSR count). The first-order chi connectivity index (χ1) is 14.5. The van der Waals surface area contributed by atoms with Crippen molar-refractivity contribution in [1.29, 1.82) is 0 Å². The van der Waals surface area contributed by atoms with Gasteiger partial charge in [-0.3, -0.25) is 9.59 Å². The van der Waals surface area contributed by atoms with Crippen LogP contribution in [0.3, 0.4) is 0 Å². The van der Waals surface area contributed by atoms with Crippen LogP contribution in [0.25, 0.3) is 0 Å². The van der Waals surface area contributed by atoms with E-state index in [1.165, 1.54) is 23.3 Å². The zero-order chi connectivity index (χ0) is 21.3. The molecule has 1 aromatic heterocycles. The van der Waals surface area contributed by atoms with E-state index in [2.05, 4.69) is 0 Å². The molecule has 0 radical (unpaired) electrons. The fraction of sp³-hybridized carbons (Fsp3) is 0.318. The molecule has 2 atom stereocenters. The Hall–Kier alpha value is -2.97. The van der Waals surface area contributed by atoms with Gasteiger partial charge in [-0.2, -0.15) is 0 Å². The third kappa shape index (κ3) is 3.64. The van der Waals surface area contributed by atoms with E-state index in [-0.39, 0.29) is 24.0 Å². The summed E-state index contributed by atoms with van der Waals surface area (Å²) in [6.07, 6.45) is 1.58. The Bertz CT molecular complexity index is 989. The lowest BCUT2D eigenvalue weighted by atomic mass is 9.94. The first-order valence-corrected chi connectivity index (χ1v) is 10.5. The second-order valence-electron chi connectivity index (χ2n) is 7.18. The van der Waals surface area contributed by atoms with Crippen molar-refractivity contribution in [3.8, 4) is 0 Å². The molecule has 0 spiro atoms. The highest BCUT2D eigenvalue weighted by Gasteiger charge is 2.45. The quantitative estimate of drug-likeness (QED) is 0.562. The first kappa shape index (κ1) is 20.3. The van der Waals surface area contributed by atoms with E-state index in [1.807, 2.05) is 0 Å². The van der Waals surface area contributed by atoms with Crippen LogP contribution in [-0.4, -0.2) is 54.0 Å². The molecule has 30 heavy (non-hydrogen) atoms. The molecule has 1 N–H and O–H groups in total. The van der Waals surface area contributed by atoms with Gasteiger partial charge >= 0.3 is 5.97 Å². The van der Waals surface area contributed by atoms with Crippen LogP contribution < -0.4 is 0 Å². The SMILES string of the molecule is COC(=O)c1ccc([C@@H]2C(C(=O)c3cccs3)=C(O)C(=O)N2C[C@H]2CCCO2)cc1. The summed E-state index contributed by atoms with van der Waals surface area (Å²) in [7, 11) is 1.30. The molecule has 2 aliphatic heterocycles. The van der Waals surface area contributed by atoms with Gasteiger partial charge in [-0.05, 0) is 42.0 Å². The van der Waals surface area contributed by atoms with Crippen molar-refractivity contribution in [2.45, 2.75) is 25.0 Å². The minimum absolute atomic E-state index is 0.0475. The molecule has 156 valence electrons. The maximum Gasteiger partial charge on any atom is 0.337 e. The number of hydrogen-bond donors (Lipinski definition) is 1. The van der Waals surface area contributed by atoms with Gasteiger partial charge in [0.1, 0.15) is 0 Å². The maximum atomic E-state index is 13.2. The number of aliphatic hydroxyl groups is 1. The van der Waals surface area contributed by atoms with Crippen molar-refractivity contribution in [1.82, 2.24) is 4.90 Å². The number of benzene rings is 1. The van der Waals surface area contributed by atoms with Crippen LogP contribution in [0.5, 0.6) is 0 Å². The Balaban J connectivity index is 1.73. The molecule has 0 aliphatic carbocycles. The number of carbonyl (C=O) groups excluding carboxylic acids is 3. The number of methoxy groups -OCH3 is 1. The van der Waals surface area contributed by atoms with Gasteiger partial charge in [-0.25, -0.2) is 4.79 Å². The number of carbonyl (C=O) groups is 3. The highest BCUT2D eigenvalue weighted by atomic mass is 32.1. The molecule has 0 bridgehead atoms. The lowest BCUT2D eigenvalue weighted by molar-refractivity contribution is -0.131. The third-order valence-corrected chi connectivity index (χ3v) is 6.23. The van der Waals surface area contributed by atoms with Gasteiger partial charge in [0.05, 0.1) is 35.3 Å². The van der Waals surface area contributed by atoms with E-state index in [4.69, 9.17) is 9.47 Å². The standard InChI is InChI=1S/C22H21NO6S/c1-28-22(27)14-8-6-13(7-9-14)18-17(19(24)16-5-3-11-30-16)20(25)21(26)23(18)12-15-4-2-10-29-15/h3,5-9,11,15,18,25H,2,4,10,12H2,1H3/t15-,18-/m1/s1. The number of ether oxygens (including phenoxy) is 2. The summed E-state index contributed by atoms with van der Waals surface area (Å²) in [6.45, 7) is 0.902. The average molecular weight is 427 g/mol. The van der Waals surface area contributed by atoms with E-state index < -0.39 is 23.7 Å². The third-order valence-electron chi connectivity index (χ3n) is 5.37. The summed E-state index contributed by atoms with van der Waals surface area (Å²) in [5, 5.41) is 12.4. The lowest BCUT2D eigenvalue weighted by Crippen LogP contribution is -2.37. The fourth-order valence-corrected chi connectivity index (χ4v) is 4.57. The number of hydrogen-bond acceptors (Lipinski definition) is 7. The minimum atomic E-state index is -0.761. The smallest absolute Gasteiger partial charge is 0.337 e. The molecule has 3 heterocycles. The number of thiophene rings is 1. The van der Waals surface area contributed by atoms with Gasteiger partial charge in [0.15, 0.2) is 5.76 Å². The molecular formula is C22H21NO6S. The number of nitrogens with zero attached hydrogens (tertiary/aromatic N) is 1. The van der Waals surface area contributed by atoms with Crippen molar-refractivity contribution in [3.63, 3.8) is 0 Å². The summed E-state index contributed by atoms with van der Waals surface area (Å²) < 4.78 is 10.4. The van der Waals surface area contributed by atoms with Gasteiger partial charge in [-0.15, -0.1) is 11.3 Å². The van der Waals surface area contributed by atoms with E-state index in [0.717, 1.165) is 12.8 Å². The van der Waals surface area contributed by atoms with Crippen molar-refractivity contribution in [3.05, 3.63) is 69.1 Å². The summed E-state index contributed by atoms with van der Waals surface area (Å²) in [4.78, 5) is 39.8. The minimum Gasteiger partial charge on any atom is -0.503 e. The Labute approximate surface area is 177 Å². The number of rotatable bonds is 6. The molecule has 1 amide bonds. The molecule has 0 saturated carbocycles. The van der Waals surface area contributed by atoms with Crippen molar-refractivity contribution < 1.29 is 29.0 Å². The predicted molar refractivity (Wildman–Crippen MR) is 110 cm³/mol. The van der Waals surface area contributed by atoms with Crippen LogP contribution in [0.1, 0.15) is 44.5 Å². The average Bonchev–Trinajstić information content (AvgIpc) is 3.52. The summed E-state index contributed by atoms with van der Waals surface area (Å²) >= 11 is 1.25. The lowest BCUT2D eigenvalue weighted by Gasteiger charge is -2.29. The first-order valence-electron chi connectivity index (χ1n) is 9.63. The van der Waals surface area contributed by atoms with Gasteiger partial charge in [0.25, 0.3) is 5.91 Å². The van der Waals surface area contributed by atoms with Crippen LogP contribution in [0.4, 0.5) is 0 Å². The van der Waals surface area contributed by atoms with Crippen molar-refractivity contribution in [2.24, 2.45) is 0 Å². The normalized spacial score (nSPS) is 21.4. The maximum absolute atomic E-state index is 13.2. The van der Waals surface area contributed by atoms with Crippen LogP contribution in [0.2, 0.25) is 0 Å². The van der Waals surface area contributed by atoms with Gasteiger partial charge < -0.3 is 19.5 Å². The number of esters is 1. The highest BCUT2D eigenvalue weighted by molar-refractivity contribution is 7.12. The number of aliphatic hydroxyl groups excluding tert-OH is 1. The molecule has 2 aliphatic rings. The fourth-order valence-electron chi connectivity index (χ4n) is 3.89. The number of Topliss-reactive ketones (excluding diaryl/α,β-unsaturated/α-hetero) is 1. The molecule has 7 nitrogen and oxygen atoms in total. The van der Waals surface area contributed by atoms with Crippen LogP contribution >= 0.6 is 11.3 Å². The topological polar surface area (TPSA) is 93.1 Å². The van der Waals surface area contributed by atoms with E-state index in [9.17, 15) is 19.5 Å². The predicted octanol–water partition coefficient (Wildman–Crippen LogP) is 3.29. The van der Waals surface area contributed by atoms with Crippen molar-refractivity contribution >= 4 is 29.0 Å². The summed E-state index contributed by atoms with van der Waals surface area (Å²) in [6, 6.07) is 9.16. The molecule has 1 saturated heterocycles. The monoisotopic (exact) mass is 427 g/mol. The number of ketones is 1. The molecule has 1 fully saturated rings. The Kier molecular flexibility index (Phi) is 5.69. The van der Waals surface area contributed by atoms with E-state index in [1.54, 1.807) is 41.8 Å². The van der Waals surface area contributed by atoms with Gasteiger partial charge in [0.2, 0.25) is 5.78 Å². The van der Waals surface area contributed by atoms with Crippen LogP contribution in [-0.2, 0) is 14.3 Å². The Morgan fingerprint density at radius 1 is 1.27 bits per heavy atom. The Morgan fingerprint density at radius 3 is 2.63 bits per heavy atom. The van der Waals surface area contributed by atoms with Crippen molar-refractivity contribution in [2.75, 3.05) is 20.3 Å². The summed E-state index contributed by atoms with van der Waals surface area (Å²) in [5.74, 6) is -1.98. The molecule has 1 aromatic carbocycles. The van der Waals surface area contributed by atoms with Gasteiger partial charge in [-0.1, -0.05) is 18.2 Å². The molecular weight excluding hydrogens is 406 g/mol. The molecule has 8 heteroatoms. The van der Waals surface area contributed by atoms with Gasteiger partial charge in [0, 0.05) is 13.2 Å². The van der Waals surface area contributed by atoms with Crippen LogP contribution in [0, 0.1) is 0 Å². The number of amides is 1. The van der Waals surface area contributed by atoms with E-state index >= 15 is 0 Å². The highest BCUT2D eigenvalue weighted by Crippen LogP contribution is 2.40. The van der Waals surface area contributed by atoms with Crippen LogP contribution in [0.15, 0.2) is 53.1 Å². The zero-order valence-electron chi connectivity index (χ0n) is 16.4. The second-order valence-corrected chi connectivity index (χ2v) is 8.13. The van der Waals surface area contributed by atoms with E-state index in [0.29, 0.717) is 22.6 Å². The second kappa shape index (κ2) is 8.41. The summed E-state index contributed by atoms with van der Waals surface area (Å²) in [5.41, 5.74) is 1.03. The molecule has 2 aromatic rings. The Morgan fingerprint density at radius 2 is 2.03 bits per heavy atom. The largest absolute Gasteiger partial charge is 0.503 e. The zero-order valence-corrected chi connectivity index (χ0v) is 17.2.